The number of allylic oxidation sites excluding steroid dienone is 2. The van der Waals surface area contributed by atoms with Crippen LogP contribution in [-0.4, -0.2) is 53.7 Å². The predicted molar refractivity (Wildman–Crippen MR) is 85.6 cm³/mol. The molecule has 1 amide bonds. The van der Waals surface area contributed by atoms with Crippen LogP contribution in [0.5, 0.6) is 0 Å². The van der Waals surface area contributed by atoms with Crippen LogP contribution in [0, 0.1) is 0 Å². The summed E-state index contributed by atoms with van der Waals surface area (Å²) in [6.45, 7) is 5.65. The average molecular weight is 330 g/mol. The van der Waals surface area contributed by atoms with Crippen molar-refractivity contribution in [3.63, 3.8) is 0 Å². The summed E-state index contributed by atoms with van der Waals surface area (Å²) in [4.78, 5) is 10.7. The van der Waals surface area contributed by atoms with Crippen LogP contribution in [0.15, 0.2) is 23.4 Å². The minimum Gasteiger partial charge on any atom is -0.530 e. The third-order valence-corrected chi connectivity index (χ3v) is 7.39. The highest BCUT2D eigenvalue weighted by Gasteiger charge is 2.44. The van der Waals surface area contributed by atoms with E-state index in [1.165, 1.54) is 5.57 Å². The van der Waals surface area contributed by atoms with E-state index in [1.807, 2.05) is 35.9 Å². The maximum absolute atomic E-state index is 10.7. The van der Waals surface area contributed by atoms with Crippen molar-refractivity contribution in [2.45, 2.75) is 17.4 Å². The lowest BCUT2D eigenvalue weighted by Gasteiger charge is -2.43. The Balaban J connectivity index is 2.14. The zero-order chi connectivity index (χ0) is 15.5. The highest BCUT2D eigenvalue weighted by atomic mass is 32.2. The van der Waals surface area contributed by atoms with Crippen LogP contribution in [0.25, 0.3) is 0 Å². The fourth-order valence-corrected chi connectivity index (χ4v) is 5.45. The Kier molecular flexibility index (Phi) is 5.29. The van der Waals surface area contributed by atoms with Gasteiger partial charge in [0.15, 0.2) is 0 Å². The molecule has 7 heteroatoms. The Morgan fingerprint density at radius 2 is 2.14 bits per heavy atom. The molecular weight excluding hydrogens is 308 g/mol. The van der Waals surface area contributed by atoms with Crippen molar-refractivity contribution in [2.24, 2.45) is 0 Å². The van der Waals surface area contributed by atoms with Gasteiger partial charge >= 0.3 is 0 Å². The van der Waals surface area contributed by atoms with E-state index in [0.717, 1.165) is 36.6 Å². The molecule has 0 spiro atoms. The molecule has 1 atom stereocenters. The summed E-state index contributed by atoms with van der Waals surface area (Å²) in [5.41, 5.74) is 1.79. The molecule has 0 aromatic carbocycles. The van der Waals surface area contributed by atoms with E-state index in [-0.39, 0.29) is 4.08 Å². The molecule has 1 fully saturated rings. The van der Waals surface area contributed by atoms with Crippen molar-refractivity contribution in [1.29, 1.82) is 0 Å². The number of rotatable bonds is 4. The van der Waals surface area contributed by atoms with Gasteiger partial charge in [-0.15, -0.1) is 11.8 Å². The molecule has 0 aromatic rings. The molecule has 1 unspecified atom stereocenters. The zero-order valence-corrected chi connectivity index (χ0v) is 14.3. The molecule has 5 nitrogen and oxygen atoms in total. The first kappa shape index (κ1) is 16.7. The molecule has 1 aliphatic heterocycles. The number of amides is 1. The smallest absolute Gasteiger partial charge is 0.140 e. The molecule has 1 heterocycles. The number of hydrogen-bond donors (Lipinski definition) is 1. The molecule has 0 aromatic heterocycles. The van der Waals surface area contributed by atoms with Crippen LogP contribution in [0.1, 0.15) is 13.3 Å². The Bertz CT molecular complexity index is 473. The molecule has 21 heavy (non-hydrogen) atoms. The SMILES string of the molecule is CSC1(S[N+]2(C)CCOCC2)CC=C(NC(=O)[O-])C=C1C. The van der Waals surface area contributed by atoms with Crippen molar-refractivity contribution < 1.29 is 18.5 Å². The van der Waals surface area contributed by atoms with Crippen LogP contribution in [-0.2, 0) is 4.74 Å². The highest BCUT2D eigenvalue weighted by molar-refractivity contribution is 8.15. The number of nitrogens with zero attached hydrogens (tertiary/aromatic N) is 1. The molecule has 1 saturated heterocycles. The number of carboxylic acid groups (broad SMARTS) is 1. The third-order valence-electron chi connectivity index (χ3n) is 3.92. The first-order valence-electron chi connectivity index (χ1n) is 6.94. The summed E-state index contributed by atoms with van der Waals surface area (Å²) in [5.74, 6) is 0. The second kappa shape index (κ2) is 6.64. The first-order valence-corrected chi connectivity index (χ1v) is 8.94. The van der Waals surface area contributed by atoms with E-state index >= 15 is 0 Å². The van der Waals surface area contributed by atoms with E-state index in [4.69, 9.17) is 4.74 Å². The molecule has 0 bridgehead atoms. The summed E-state index contributed by atoms with van der Waals surface area (Å²) < 4.78 is 6.33. The van der Waals surface area contributed by atoms with Crippen LogP contribution >= 0.6 is 23.7 Å². The maximum atomic E-state index is 10.7. The number of carbonyl (C=O) groups excluding carboxylic acids is 1. The van der Waals surface area contributed by atoms with E-state index in [0.29, 0.717) is 5.70 Å². The Morgan fingerprint density at radius 3 is 2.67 bits per heavy atom. The Labute approximate surface area is 134 Å². The summed E-state index contributed by atoms with van der Waals surface area (Å²) in [7, 11) is 2.25. The number of nitrogens with one attached hydrogen (secondary N) is 1. The maximum Gasteiger partial charge on any atom is 0.140 e. The molecule has 118 valence electrons. The second-order valence-corrected chi connectivity index (χ2v) is 8.63. The van der Waals surface area contributed by atoms with Crippen molar-refractivity contribution in [1.82, 2.24) is 5.32 Å². The summed E-state index contributed by atoms with van der Waals surface area (Å²) in [6, 6.07) is 0. The normalized spacial score (nSPS) is 28.5. The lowest BCUT2D eigenvalue weighted by Crippen LogP contribution is -2.50. The van der Waals surface area contributed by atoms with Crippen molar-refractivity contribution in [3.05, 3.63) is 23.4 Å². The lowest BCUT2D eigenvalue weighted by molar-refractivity contribution is -0.785. The minimum absolute atomic E-state index is 0.0524. The zero-order valence-electron chi connectivity index (χ0n) is 12.7. The fraction of sp³-hybridized carbons (Fsp3) is 0.643. The van der Waals surface area contributed by atoms with Crippen molar-refractivity contribution in [2.75, 3.05) is 39.6 Å². The predicted octanol–water partition coefficient (Wildman–Crippen LogP) is 1.34. The minimum atomic E-state index is -1.26. The van der Waals surface area contributed by atoms with Crippen LogP contribution in [0.2, 0.25) is 0 Å². The number of carbonyl (C=O) groups is 1. The van der Waals surface area contributed by atoms with Crippen molar-refractivity contribution in [3.8, 4) is 0 Å². The van der Waals surface area contributed by atoms with Crippen LogP contribution < -0.4 is 10.4 Å². The van der Waals surface area contributed by atoms with Gasteiger partial charge in [0.1, 0.15) is 23.3 Å². The van der Waals surface area contributed by atoms with Crippen LogP contribution in [0.4, 0.5) is 4.79 Å². The van der Waals surface area contributed by atoms with E-state index in [2.05, 4.69) is 25.5 Å². The van der Waals surface area contributed by atoms with Gasteiger partial charge in [0, 0.05) is 12.1 Å². The number of morpholine rings is 1. The summed E-state index contributed by atoms with van der Waals surface area (Å²) >= 11 is 3.75. The van der Waals surface area contributed by atoms with Gasteiger partial charge in [-0.05, 0) is 24.8 Å². The number of likely N-dealkylation sites (N-methyl/N-ethyl adjacent to an activating group) is 1. The van der Waals surface area contributed by atoms with Gasteiger partial charge in [-0.1, -0.05) is 6.08 Å². The first-order chi connectivity index (χ1) is 9.89. The van der Waals surface area contributed by atoms with E-state index < -0.39 is 6.09 Å². The van der Waals surface area contributed by atoms with Crippen molar-refractivity contribution >= 4 is 29.8 Å². The average Bonchev–Trinajstić information content (AvgIpc) is 2.42. The lowest BCUT2D eigenvalue weighted by atomic mass is 10.0. The highest BCUT2D eigenvalue weighted by Crippen LogP contribution is 2.51. The van der Waals surface area contributed by atoms with Gasteiger partial charge in [0.05, 0.1) is 32.2 Å². The van der Waals surface area contributed by atoms with Crippen LogP contribution in [0.3, 0.4) is 0 Å². The Hall–Kier alpha value is -0.630. The topological polar surface area (TPSA) is 61.4 Å². The molecule has 0 saturated carbocycles. The number of quaternary nitrogens is 1. The molecule has 1 aliphatic carbocycles. The van der Waals surface area contributed by atoms with E-state index in [9.17, 15) is 9.90 Å². The molecule has 2 rings (SSSR count). The number of ether oxygens (including phenoxy) is 1. The molecule has 2 aliphatic rings. The summed E-state index contributed by atoms with van der Waals surface area (Å²) in [5, 5.41) is 13.0. The second-order valence-electron chi connectivity index (χ2n) is 5.51. The summed E-state index contributed by atoms with van der Waals surface area (Å²) in [6.07, 6.45) is 5.50. The van der Waals surface area contributed by atoms with Gasteiger partial charge in [-0.2, -0.15) is 0 Å². The van der Waals surface area contributed by atoms with Gasteiger partial charge in [0.2, 0.25) is 0 Å². The molecular formula is C14H22N2O3S2. The molecule has 1 N–H and O–H groups in total. The van der Waals surface area contributed by atoms with Gasteiger partial charge in [-0.25, -0.2) is 0 Å². The van der Waals surface area contributed by atoms with Gasteiger partial charge in [0.25, 0.3) is 0 Å². The quantitative estimate of drug-likeness (QED) is 0.479. The monoisotopic (exact) mass is 330 g/mol. The largest absolute Gasteiger partial charge is 0.530 e. The standard InChI is InChI=1S/C14H22N2O3S2/c1-11-10-12(15-13(17)18)4-5-14(11,20-3)21-16(2)6-8-19-9-7-16/h4,10,15H,5-9H2,1-3H3. The molecule has 0 radical (unpaired) electrons. The Morgan fingerprint density at radius 1 is 1.48 bits per heavy atom. The third kappa shape index (κ3) is 3.97. The van der Waals surface area contributed by atoms with Gasteiger partial charge in [-0.3, -0.25) is 3.89 Å². The van der Waals surface area contributed by atoms with E-state index in [1.54, 1.807) is 0 Å². The fourth-order valence-electron chi connectivity index (χ4n) is 2.58. The number of hydrogen-bond acceptors (Lipinski definition) is 5. The number of thioether (sulfide) groups is 1. The van der Waals surface area contributed by atoms with Gasteiger partial charge < -0.3 is 20.0 Å².